The average Bonchev–Trinajstić information content (AvgIpc) is 2.89. The SMILES string of the molecule is C[C@H]1OC(C)(C)N(C(=O)OC(C)(C)C)[C@H]1C(Cc1ccc(Br)cc1)c1ccc(Br)cc1. The number of carbonyl (C=O) groups is 1. The molecule has 0 saturated carbocycles. The quantitative estimate of drug-likeness (QED) is 0.399. The first-order chi connectivity index (χ1) is 14.4. The van der Waals surface area contributed by atoms with Crippen LogP contribution in [0.5, 0.6) is 0 Å². The van der Waals surface area contributed by atoms with E-state index in [-0.39, 0.29) is 24.2 Å². The highest BCUT2D eigenvalue weighted by atomic mass is 79.9. The zero-order chi connectivity index (χ0) is 23.0. The van der Waals surface area contributed by atoms with Crippen molar-refractivity contribution in [3.63, 3.8) is 0 Å². The molecular formula is C25H31Br2NO3. The Labute approximate surface area is 202 Å². The second-order valence-corrected chi connectivity index (χ2v) is 11.4. The predicted octanol–water partition coefficient (Wildman–Crippen LogP) is 7.30. The minimum Gasteiger partial charge on any atom is -0.444 e. The van der Waals surface area contributed by atoms with Crippen LogP contribution in [0.3, 0.4) is 0 Å². The predicted molar refractivity (Wildman–Crippen MR) is 131 cm³/mol. The van der Waals surface area contributed by atoms with Gasteiger partial charge in [-0.15, -0.1) is 0 Å². The van der Waals surface area contributed by atoms with Crippen LogP contribution in [0, 0.1) is 0 Å². The topological polar surface area (TPSA) is 38.8 Å². The summed E-state index contributed by atoms with van der Waals surface area (Å²) in [5.41, 5.74) is 1.03. The van der Waals surface area contributed by atoms with Crippen LogP contribution in [0.4, 0.5) is 4.79 Å². The smallest absolute Gasteiger partial charge is 0.412 e. The summed E-state index contributed by atoms with van der Waals surface area (Å²) in [6.45, 7) is 11.6. The summed E-state index contributed by atoms with van der Waals surface area (Å²) in [7, 11) is 0. The molecule has 0 spiro atoms. The molecule has 2 aromatic rings. The molecule has 3 atom stereocenters. The van der Waals surface area contributed by atoms with Crippen molar-refractivity contribution in [2.45, 2.75) is 77.4 Å². The summed E-state index contributed by atoms with van der Waals surface area (Å²) in [6.07, 6.45) is 0.291. The number of amides is 1. The molecule has 1 aliphatic rings. The van der Waals surface area contributed by atoms with Gasteiger partial charge in [0.15, 0.2) is 0 Å². The first-order valence-corrected chi connectivity index (χ1v) is 12.2. The summed E-state index contributed by atoms with van der Waals surface area (Å²) in [5.74, 6) is 0.0403. The molecule has 0 N–H and O–H groups in total. The van der Waals surface area contributed by atoms with E-state index in [1.54, 1.807) is 4.90 Å². The van der Waals surface area contributed by atoms with Gasteiger partial charge in [0.25, 0.3) is 0 Å². The number of hydrogen-bond donors (Lipinski definition) is 0. The summed E-state index contributed by atoms with van der Waals surface area (Å²) in [6, 6.07) is 16.5. The van der Waals surface area contributed by atoms with Gasteiger partial charge in [-0.05, 0) is 83.4 Å². The highest BCUT2D eigenvalue weighted by Crippen LogP contribution is 2.42. The molecule has 3 rings (SSSR count). The third-order valence-electron chi connectivity index (χ3n) is 5.50. The van der Waals surface area contributed by atoms with E-state index in [0.29, 0.717) is 0 Å². The van der Waals surface area contributed by atoms with Crippen molar-refractivity contribution in [3.05, 3.63) is 68.6 Å². The maximum atomic E-state index is 13.3. The van der Waals surface area contributed by atoms with E-state index in [0.717, 1.165) is 20.9 Å². The van der Waals surface area contributed by atoms with Crippen LogP contribution in [0.15, 0.2) is 57.5 Å². The molecule has 0 aromatic heterocycles. The fourth-order valence-electron chi connectivity index (χ4n) is 4.33. The van der Waals surface area contributed by atoms with Gasteiger partial charge in [-0.1, -0.05) is 56.1 Å². The molecule has 31 heavy (non-hydrogen) atoms. The zero-order valence-corrected chi connectivity index (χ0v) is 22.2. The number of hydrogen-bond acceptors (Lipinski definition) is 3. The van der Waals surface area contributed by atoms with E-state index in [1.807, 2.05) is 53.7 Å². The van der Waals surface area contributed by atoms with Crippen molar-refractivity contribution in [3.8, 4) is 0 Å². The van der Waals surface area contributed by atoms with E-state index in [9.17, 15) is 4.79 Å². The zero-order valence-electron chi connectivity index (χ0n) is 19.0. The number of nitrogens with zero attached hydrogens (tertiary/aromatic N) is 1. The normalized spacial score (nSPS) is 21.7. The molecular weight excluding hydrogens is 522 g/mol. The maximum Gasteiger partial charge on any atom is 0.412 e. The van der Waals surface area contributed by atoms with E-state index < -0.39 is 11.3 Å². The first kappa shape index (κ1) is 24.3. The Morgan fingerprint density at radius 1 is 1.06 bits per heavy atom. The molecule has 1 fully saturated rings. The Balaban J connectivity index is 2.04. The van der Waals surface area contributed by atoms with Gasteiger partial charge in [0, 0.05) is 14.9 Å². The van der Waals surface area contributed by atoms with Crippen LogP contribution in [0.2, 0.25) is 0 Å². The summed E-state index contributed by atoms with van der Waals surface area (Å²) in [4.78, 5) is 15.1. The number of halogens is 2. The molecule has 0 aliphatic carbocycles. The third-order valence-corrected chi connectivity index (χ3v) is 6.56. The molecule has 2 aromatic carbocycles. The molecule has 1 unspecified atom stereocenters. The molecule has 6 heteroatoms. The average molecular weight is 553 g/mol. The Morgan fingerprint density at radius 2 is 1.58 bits per heavy atom. The van der Waals surface area contributed by atoms with Gasteiger partial charge >= 0.3 is 6.09 Å². The van der Waals surface area contributed by atoms with Gasteiger partial charge in [-0.2, -0.15) is 0 Å². The van der Waals surface area contributed by atoms with Crippen LogP contribution in [-0.4, -0.2) is 34.5 Å². The van der Waals surface area contributed by atoms with Gasteiger partial charge < -0.3 is 9.47 Å². The van der Waals surface area contributed by atoms with Crippen LogP contribution < -0.4 is 0 Å². The van der Waals surface area contributed by atoms with Crippen molar-refractivity contribution in [2.24, 2.45) is 0 Å². The molecule has 1 amide bonds. The Bertz CT molecular complexity index is 904. The first-order valence-electron chi connectivity index (χ1n) is 10.6. The highest BCUT2D eigenvalue weighted by Gasteiger charge is 2.52. The fraction of sp³-hybridized carbons (Fsp3) is 0.480. The van der Waals surface area contributed by atoms with E-state index in [2.05, 4.69) is 68.3 Å². The van der Waals surface area contributed by atoms with Gasteiger partial charge in [-0.3, -0.25) is 4.90 Å². The van der Waals surface area contributed by atoms with Gasteiger partial charge in [0.05, 0.1) is 12.1 Å². The van der Waals surface area contributed by atoms with E-state index in [1.165, 1.54) is 5.56 Å². The number of benzene rings is 2. The minimum absolute atomic E-state index is 0.0403. The van der Waals surface area contributed by atoms with Crippen molar-refractivity contribution in [1.29, 1.82) is 0 Å². The lowest BCUT2D eigenvalue weighted by atomic mass is 9.83. The summed E-state index contributed by atoms with van der Waals surface area (Å²) in [5, 5.41) is 0. The van der Waals surface area contributed by atoms with Crippen LogP contribution in [0.25, 0.3) is 0 Å². The lowest BCUT2D eigenvalue weighted by Crippen LogP contribution is -2.52. The molecule has 1 saturated heterocycles. The van der Waals surface area contributed by atoms with Crippen LogP contribution in [-0.2, 0) is 15.9 Å². The molecule has 1 aliphatic heterocycles. The van der Waals surface area contributed by atoms with E-state index in [4.69, 9.17) is 9.47 Å². The number of rotatable bonds is 4. The van der Waals surface area contributed by atoms with Crippen LogP contribution in [0.1, 0.15) is 58.6 Å². The van der Waals surface area contributed by atoms with Crippen molar-refractivity contribution in [1.82, 2.24) is 4.90 Å². The van der Waals surface area contributed by atoms with E-state index >= 15 is 0 Å². The fourth-order valence-corrected chi connectivity index (χ4v) is 4.86. The Morgan fingerprint density at radius 3 is 2.10 bits per heavy atom. The maximum absolute atomic E-state index is 13.3. The second kappa shape index (κ2) is 9.24. The number of carbonyl (C=O) groups excluding carboxylic acids is 1. The molecule has 168 valence electrons. The molecule has 0 radical (unpaired) electrons. The molecule has 0 bridgehead atoms. The summed E-state index contributed by atoms with van der Waals surface area (Å²) < 4.78 is 14.2. The largest absolute Gasteiger partial charge is 0.444 e. The molecule has 4 nitrogen and oxygen atoms in total. The van der Waals surface area contributed by atoms with Crippen molar-refractivity contribution >= 4 is 38.0 Å². The minimum atomic E-state index is -0.764. The Kier molecular flexibility index (Phi) is 7.24. The third kappa shape index (κ3) is 5.91. The van der Waals surface area contributed by atoms with Crippen molar-refractivity contribution < 1.29 is 14.3 Å². The standard InChI is InChI=1S/C25H31Br2NO3/c1-16-22(28(25(5,6)30-16)23(29)31-24(2,3)4)21(18-9-13-20(27)14-10-18)15-17-7-11-19(26)12-8-17/h7-14,16,21-22H,15H2,1-6H3/t16-,21?,22-/m1/s1. The lowest BCUT2D eigenvalue weighted by molar-refractivity contribution is -0.0759. The van der Waals surface area contributed by atoms with Crippen LogP contribution >= 0.6 is 31.9 Å². The van der Waals surface area contributed by atoms with Crippen molar-refractivity contribution in [2.75, 3.05) is 0 Å². The summed E-state index contributed by atoms with van der Waals surface area (Å²) >= 11 is 7.05. The monoisotopic (exact) mass is 551 g/mol. The molecule has 1 heterocycles. The number of ether oxygens (including phenoxy) is 2. The second-order valence-electron chi connectivity index (χ2n) is 9.60. The van der Waals surface area contributed by atoms with Gasteiger partial charge in [0.1, 0.15) is 11.3 Å². The highest BCUT2D eigenvalue weighted by molar-refractivity contribution is 9.10. The van der Waals surface area contributed by atoms with Gasteiger partial charge in [0.2, 0.25) is 0 Å². The van der Waals surface area contributed by atoms with Gasteiger partial charge in [-0.25, -0.2) is 4.79 Å². The lowest BCUT2D eigenvalue weighted by Gasteiger charge is -2.38. The Hall–Kier alpha value is -1.37.